The van der Waals surface area contributed by atoms with Gasteiger partial charge < -0.3 is 9.67 Å². The van der Waals surface area contributed by atoms with Crippen LogP contribution >= 0.6 is 0 Å². The van der Waals surface area contributed by atoms with E-state index >= 15 is 0 Å². The predicted molar refractivity (Wildman–Crippen MR) is 98.9 cm³/mol. The van der Waals surface area contributed by atoms with Gasteiger partial charge in [-0.25, -0.2) is 9.18 Å². The van der Waals surface area contributed by atoms with Crippen LogP contribution < -0.4 is 0 Å². The number of ketones is 1. The first-order valence-corrected chi connectivity index (χ1v) is 8.56. The van der Waals surface area contributed by atoms with Gasteiger partial charge in [-0.2, -0.15) is 13.2 Å². The predicted octanol–water partition coefficient (Wildman–Crippen LogP) is 4.76. The Labute approximate surface area is 163 Å². The van der Waals surface area contributed by atoms with Gasteiger partial charge in [0.15, 0.2) is 5.78 Å². The normalized spacial score (nSPS) is 11.1. The molecule has 154 valence electrons. The molecule has 0 amide bonds. The fourth-order valence-corrected chi connectivity index (χ4v) is 2.48. The molecule has 0 saturated heterocycles. The van der Waals surface area contributed by atoms with Crippen molar-refractivity contribution in [3.8, 4) is 11.1 Å². The number of fused-ring (bicyclic) bond motifs is 1. The van der Waals surface area contributed by atoms with Crippen molar-refractivity contribution in [3.63, 3.8) is 0 Å². The molecule has 0 radical (unpaired) electrons. The van der Waals surface area contributed by atoms with Crippen molar-refractivity contribution in [2.75, 3.05) is 0 Å². The van der Waals surface area contributed by atoms with E-state index < -0.39 is 12.1 Å². The van der Waals surface area contributed by atoms with Crippen LogP contribution in [0.5, 0.6) is 0 Å². The lowest BCUT2D eigenvalue weighted by atomic mass is 10.0. The fourth-order valence-electron chi connectivity index (χ4n) is 2.48. The van der Waals surface area contributed by atoms with E-state index in [1.54, 1.807) is 19.2 Å². The smallest absolute Gasteiger partial charge is 0.475 e. The van der Waals surface area contributed by atoms with Crippen LogP contribution in [0.15, 0.2) is 42.7 Å². The maximum Gasteiger partial charge on any atom is 0.490 e. The Morgan fingerprint density at radius 3 is 2.34 bits per heavy atom. The van der Waals surface area contributed by atoms with Gasteiger partial charge in [0.25, 0.3) is 0 Å². The molecular weight excluding hydrogens is 392 g/mol. The summed E-state index contributed by atoms with van der Waals surface area (Å²) in [5.74, 6) is -2.79. The van der Waals surface area contributed by atoms with Crippen LogP contribution in [0.2, 0.25) is 0 Å². The van der Waals surface area contributed by atoms with Gasteiger partial charge in [0.05, 0.1) is 17.6 Å². The highest BCUT2D eigenvalue weighted by molar-refractivity contribution is 5.84. The first-order valence-electron chi connectivity index (χ1n) is 8.56. The molecule has 1 aromatic carbocycles. The number of nitrogens with zero attached hydrogens (tertiary/aromatic N) is 2. The Morgan fingerprint density at radius 1 is 1.14 bits per heavy atom. The molecule has 0 atom stereocenters. The number of carboxylic acid groups (broad SMARTS) is 1. The molecule has 0 unspecified atom stereocenters. The molecule has 29 heavy (non-hydrogen) atoms. The van der Waals surface area contributed by atoms with E-state index in [1.807, 2.05) is 35.9 Å². The molecule has 0 spiro atoms. The quantitative estimate of drug-likeness (QED) is 0.630. The van der Waals surface area contributed by atoms with Crippen LogP contribution in [0, 0.1) is 12.7 Å². The summed E-state index contributed by atoms with van der Waals surface area (Å²) in [4.78, 5) is 25.0. The van der Waals surface area contributed by atoms with Crippen LogP contribution in [-0.4, -0.2) is 32.6 Å². The number of pyridine rings is 1. The van der Waals surface area contributed by atoms with Crippen molar-refractivity contribution < 1.29 is 32.3 Å². The van der Waals surface area contributed by atoms with E-state index in [1.165, 1.54) is 6.07 Å². The number of benzene rings is 1. The van der Waals surface area contributed by atoms with E-state index in [2.05, 4.69) is 4.98 Å². The van der Waals surface area contributed by atoms with Gasteiger partial charge in [0.2, 0.25) is 0 Å². The maximum atomic E-state index is 13.4. The lowest BCUT2D eigenvalue weighted by molar-refractivity contribution is -0.192. The van der Waals surface area contributed by atoms with Crippen LogP contribution in [0.1, 0.15) is 18.9 Å². The van der Waals surface area contributed by atoms with Crippen molar-refractivity contribution in [1.29, 1.82) is 0 Å². The first kappa shape index (κ1) is 22.1. The van der Waals surface area contributed by atoms with Crippen LogP contribution in [0.25, 0.3) is 22.2 Å². The molecule has 2 heterocycles. The SMILES string of the molecule is CCC(=O)Cn1ccc2ncc(-c3ccc(F)c(C)c3)cc21.O=C(O)C(F)(F)F. The van der Waals surface area contributed by atoms with Gasteiger partial charge in [-0.3, -0.25) is 9.78 Å². The molecule has 5 nitrogen and oxygen atoms in total. The number of aliphatic carboxylic acids is 1. The third-order valence-corrected chi connectivity index (χ3v) is 4.09. The number of carboxylic acids is 1. The Hall–Kier alpha value is -3.23. The molecule has 0 aliphatic rings. The minimum atomic E-state index is -5.08. The molecule has 0 aliphatic heterocycles. The molecule has 1 N–H and O–H groups in total. The molecule has 0 saturated carbocycles. The third kappa shape index (κ3) is 5.63. The van der Waals surface area contributed by atoms with Crippen LogP contribution in [0.4, 0.5) is 17.6 Å². The Balaban J connectivity index is 0.000000370. The second kappa shape index (κ2) is 8.85. The number of hydrogen-bond acceptors (Lipinski definition) is 3. The number of Topliss-reactive ketones (excluding diaryl/α,β-unsaturated/α-hetero) is 1. The summed E-state index contributed by atoms with van der Waals surface area (Å²) >= 11 is 0. The Kier molecular flexibility index (Phi) is 6.73. The molecule has 0 aliphatic carbocycles. The molecular formula is C20H18F4N2O3. The van der Waals surface area contributed by atoms with Gasteiger partial charge >= 0.3 is 12.1 Å². The number of alkyl halides is 3. The number of halogens is 4. The minimum Gasteiger partial charge on any atom is -0.475 e. The lowest BCUT2D eigenvalue weighted by Gasteiger charge is -2.07. The zero-order valence-corrected chi connectivity index (χ0v) is 15.6. The number of carbonyl (C=O) groups excluding carboxylic acids is 1. The number of aryl methyl sites for hydroxylation is 1. The van der Waals surface area contributed by atoms with E-state index in [4.69, 9.17) is 9.90 Å². The maximum absolute atomic E-state index is 13.4. The fraction of sp³-hybridized carbons (Fsp3) is 0.250. The summed E-state index contributed by atoms with van der Waals surface area (Å²) in [6, 6.07) is 8.92. The molecule has 2 aromatic heterocycles. The molecule has 9 heteroatoms. The van der Waals surface area contributed by atoms with Crippen molar-refractivity contribution in [2.24, 2.45) is 0 Å². The summed E-state index contributed by atoms with van der Waals surface area (Å²) in [7, 11) is 0. The second-order valence-electron chi connectivity index (χ2n) is 6.23. The van der Waals surface area contributed by atoms with E-state index in [-0.39, 0.29) is 11.6 Å². The number of hydrogen-bond donors (Lipinski definition) is 1. The average Bonchev–Trinajstić information content (AvgIpc) is 3.05. The zero-order chi connectivity index (χ0) is 21.8. The molecule has 0 fully saturated rings. The van der Waals surface area contributed by atoms with Gasteiger partial charge in [-0.1, -0.05) is 13.0 Å². The largest absolute Gasteiger partial charge is 0.490 e. The van der Waals surface area contributed by atoms with E-state index in [9.17, 15) is 22.4 Å². The van der Waals surface area contributed by atoms with Crippen molar-refractivity contribution in [1.82, 2.24) is 9.55 Å². The van der Waals surface area contributed by atoms with Gasteiger partial charge in [0, 0.05) is 24.4 Å². The topological polar surface area (TPSA) is 72.2 Å². The van der Waals surface area contributed by atoms with Crippen LogP contribution in [0.3, 0.4) is 0 Å². The highest BCUT2D eigenvalue weighted by Gasteiger charge is 2.38. The summed E-state index contributed by atoms with van der Waals surface area (Å²) in [5.41, 5.74) is 4.21. The summed E-state index contributed by atoms with van der Waals surface area (Å²) in [5, 5.41) is 7.12. The first-order chi connectivity index (χ1) is 13.5. The Bertz CT molecular complexity index is 1040. The Morgan fingerprint density at radius 2 is 1.79 bits per heavy atom. The molecule has 0 bridgehead atoms. The second-order valence-corrected chi connectivity index (χ2v) is 6.23. The molecule has 3 aromatic rings. The summed E-state index contributed by atoms with van der Waals surface area (Å²) < 4.78 is 47.1. The standard InChI is InChI=1S/C18H17FN2O.C2HF3O2/c1-3-15(22)11-21-7-6-17-18(21)9-14(10-20-17)13-4-5-16(19)12(2)8-13;3-2(4,5)1(6)7/h4-10H,3,11H2,1-2H3;(H,6,7). The average molecular weight is 410 g/mol. The number of carbonyl (C=O) groups is 2. The molecule has 3 rings (SSSR count). The minimum absolute atomic E-state index is 0.181. The van der Waals surface area contributed by atoms with Gasteiger partial charge in [-0.15, -0.1) is 0 Å². The highest BCUT2D eigenvalue weighted by atomic mass is 19.4. The monoisotopic (exact) mass is 410 g/mol. The van der Waals surface area contributed by atoms with Crippen molar-refractivity contribution in [2.45, 2.75) is 33.0 Å². The zero-order valence-electron chi connectivity index (χ0n) is 15.6. The van der Waals surface area contributed by atoms with Gasteiger partial charge in [-0.05, 0) is 42.3 Å². The highest BCUT2D eigenvalue weighted by Crippen LogP contribution is 2.25. The van der Waals surface area contributed by atoms with E-state index in [0.717, 1.165) is 22.2 Å². The van der Waals surface area contributed by atoms with Crippen LogP contribution in [-0.2, 0) is 16.1 Å². The third-order valence-electron chi connectivity index (χ3n) is 4.09. The number of aromatic nitrogens is 2. The van der Waals surface area contributed by atoms with Crippen molar-refractivity contribution in [3.05, 3.63) is 54.1 Å². The summed E-state index contributed by atoms with van der Waals surface area (Å²) in [6.45, 7) is 3.96. The van der Waals surface area contributed by atoms with Crippen molar-refractivity contribution >= 4 is 22.8 Å². The lowest BCUT2D eigenvalue weighted by Crippen LogP contribution is -2.21. The number of rotatable bonds is 4. The van der Waals surface area contributed by atoms with Gasteiger partial charge in [0.1, 0.15) is 5.82 Å². The summed E-state index contributed by atoms with van der Waals surface area (Å²) in [6.07, 6.45) is -0.907. The van der Waals surface area contributed by atoms with E-state index in [0.29, 0.717) is 18.5 Å².